The Labute approximate surface area is 164 Å². The van der Waals surface area contributed by atoms with Gasteiger partial charge in [0.2, 0.25) is 0 Å². The number of hydrogen-bond acceptors (Lipinski definition) is 4. The van der Waals surface area contributed by atoms with Crippen molar-refractivity contribution in [3.05, 3.63) is 12.2 Å². The number of carbonyl (C=O) groups is 1. The fraction of sp³-hybridized carbons (Fsp3) is 0.864. The van der Waals surface area contributed by atoms with Crippen LogP contribution in [-0.4, -0.2) is 40.8 Å². The first-order valence-corrected chi connectivity index (χ1v) is 10.8. The van der Waals surface area contributed by atoms with Crippen LogP contribution in [0.5, 0.6) is 0 Å². The molecular formula is C22H40O5. The summed E-state index contributed by atoms with van der Waals surface area (Å²) in [7, 11) is 1.78. The number of hydrogen-bond donors (Lipinski definition) is 3. The third-order valence-corrected chi connectivity index (χ3v) is 5.90. The fourth-order valence-electron chi connectivity index (χ4n) is 4.26. The van der Waals surface area contributed by atoms with Gasteiger partial charge in [-0.2, -0.15) is 0 Å². The van der Waals surface area contributed by atoms with Crippen LogP contribution in [0.1, 0.15) is 84.0 Å². The van der Waals surface area contributed by atoms with Gasteiger partial charge in [0.15, 0.2) is 0 Å². The van der Waals surface area contributed by atoms with Crippen LogP contribution in [0.25, 0.3) is 0 Å². The summed E-state index contributed by atoms with van der Waals surface area (Å²) in [5.74, 6) is -2.32. The minimum atomic E-state index is -2.58. The predicted molar refractivity (Wildman–Crippen MR) is 107 cm³/mol. The smallest absolute Gasteiger partial charge is 0.364 e. The number of rotatable bonds is 15. The molecule has 3 atom stereocenters. The van der Waals surface area contributed by atoms with Crippen molar-refractivity contribution in [2.24, 2.45) is 17.8 Å². The van der Waals surface area contributed by atoms with Gasteiger partial charge in [0.25, 0.3) is 5.79 Å². The van der Waals surface area contributed by atoms with Crippen molar-refractivity contribution in [1.82, 2.24) is 0 Å². The molecule has 158 valence electrons. The third-order valence-electron chi connectivity index (χ3n) is 5.90. The molecule has 0 aliphatic heterocycles. The van der Waals surface area contributed by atoms with Gasteiger partial charge in [-0.25, -0.2) is 4.79 Å². The van der Waals surface area contributed by atoms with Gasteiger partial charge in [0.05, 0.1) is 0 Å². The van der Waals surface area contributed by atoms with E-state index in [1.54, 1.807) is 7.11 Å². The lowest BCUT2D eigenvalue weighted by Gasteiger charge is -2.22. The lowest BCUT2D eigenvalue weighted by atomic mass is 9.85. The molecule has 1 fully saturated rings. The lowest BCUT2D eigenvalue weighted by molar-refractivity contribution is -0.205. The molecule has 0 amide bonds. The maximum absolute atomic E-state index is 10.7. The Balaban J connectivity index is 2.37. The molecular weight excluding hydrogens is 344 g/mol. The number of methoxy groups -OCH3 is 1. The van der Waals surface area contributed by atoms with E-state index in [1.165, 1.54) is 38.5 Å². The van der Waals surface area contributed by atoms with E-state index in [1.807, 2.05) is 0 Å². The molecule has 0 aromatic heterocycles. The molecule has 0 bridgehead atoms. The Morgan fingerprint density at radius 1 is 1.07 bits per heavy atom. The molecule has 0 aromatic carbocycles. The summed E-state index contributed by atoms with van der Waals surface area (Å²) >= 11 is 0. The van der Waals surface area contributed by atoms with E-state index in [2.05, 4.69) is 19.1 Å². The zero-order valence-corrected chi connectivity index (χ0v) is 17.2. The predicted octanol–water partition coefficient (Wildman–Crippen LogP) is 4.52. The van der Waals surface area contributed by atoms with Gasteiger partial charge < -0.3 is 20.1 Å². The van der Waals surface area contributed by atoms with Crippen molar-refractivity contribution in [2.45, 2.75) is 89.8 Å². The fourth-order valence-corrected chi connectivity index (χ4v) is 4.26. The minimum Gasteiger partial charge on any atom is -0.477 e. The van der Waals surface area contributed by atoms with E-state index < -0.39 is 11.8 Å². The van der Waals surface area contributed by atoms with E-state index in [9.17, 15) is 15.0 Å². The van der Waals surface area contributed by atoms with Gasteiger partial charge in [-0.3, -0.25) is 0 Å². The minimum absolute atomic E-state index is 0.111. The first-order valence-electron chi connectivity index (χ1n) is 10.8. The molecule has 1 aliphatic rings. The largest absolute Gasteiger partial charge is 0.477 e. The number of carboxylic acids is 1. The molecule has 0 radical (unpaired) electrons. The van der Waals surface area contributed by atoms with E-state index >= 15 is 0 Å². The number of ether oxygens (including phenoxy) is 1. The number of carboxylic acid groups (broad SMARTS) is 1. The first kappa shape index (κ1) is 24.1. The second-order valence-electron chi connectivity index (χ2n) is 8.13. The van der Waals surface area contributed by atoms with Gasteiger partial charge in [-0.15, -0.1) is 0 Å². The lowest BCUT2D eigenvalue weighted by Crippen LogP contribution is -2.37. The van der Waals surface area contributed by atoms with Crippen molar-refractivity contribution in [3.63, 3.8) is 0 Å². The van der Waals surface area contributed by atoms with Crippen LogP contribution in [0.3, 0.4) is 0 Å². The summed E-state index contributed by atoms with van der Waals surface area (Å²) in [6, 6.07) is 0. The molecule has 0 saturated heterocycles. The number of unbranched alkanes of at least 4 members (excludes halogenated alkanes) is 6. The van der Waals surface area contributed by atoms with E-state index in [4.69, 9.17) is 9.84 Å². The maximum Gasteiger partial charge on any atom is 0.364 e. The highest BCUT2D eigenvalue weighted by Crippen LogP contribution is 2.41. The van der Waals surface area contributed by atoms with Gasteiger partial charge in [-0.05, 0) is 56.3 Å². The Morgan fingerprint density at radius 3 is 2.44 bits per heavy atom. The molecule has 5 nitrogen and oxygen atoms in total. The summed E-state index contributed by atoms with van der Waals surface area (Å²) in [6.07, 6.45) is 16.9. The van der Waals surface area contributed by atoms with Crippen LogP contribution in [0.4, 0.5) is 0 Å². The average molecular weight is 385 g/mol. The third kappa shape index (κ3) is 9.22. The SMILES string of the molecule is CCCCCCC=C[C@@H]1[C@H](CCCCCC(O)(O)C(=O)O)CC[C@H]1COC. The van der Waals surface area contributed by atoms with E-state index in [-0.39, 0.29) is 6.42 Å². The summed E-state index contributed by atoms with van der Waals surface area (Å²) in [5.41, 5.74) is 0. The molecule has 0 unspecified atom stereocenters. The first-order chi connectivity index (χ1) is 12.9. The molecule has 0 spiro atoms. The zero-order valence-electron chi connectivity index (χ0n) is 17.2. The zero-order chi connectivity index (χ0) is 20.1. The molecule has 0 aromatic rings. The highest BCUT2D eigenvalue weighted by molar-refractivity contribution is 5.74. The molecule has 3 N–H and O–H groups in total. The average Bonchev–Trinajstić information content (AvgIpc) is 2.99. The standard InChI is InChI=1S/C22H40O5/c1-3-4-5-6-7-10-13-20-18(14-15-19(20)17-27-2)12-9-8-11-16-22(25,26)21(23)24/h10,13,18-20,25-26H,3-9,11-12,14-17H2,1-2H3,(H,23,24)/t18-,19+,20-/m1/s1. The molecule has 5 heteroatoms. The second kappa shape index (κ2) is 13.3. The highest BCUT2D eigenvalue weighted by Gasteiger charge is 2.34. The summed E-state index contributed by atoms with van der Waals surface area (Å²) in [6.45, 7) is 3.05. The number of aliphatic hydroxyl groups is 2. The summed E-state index contributed by atoms with van der Waals surface area (Å²) in [5, 5.41) is 27.4. The normalized spacial score (nSPS) is 23.3. The van der Waals surface area contributed by atoms with Crippen LogP contribution < -0.4 is 0 Å². The van der Waals surface area contributed by atoms with Crippen molar-refractivity contribution in [1.29, 1.82) is 0 Å². The number of aliphatic carboxylic acids is 1. The monoisotopic (exact) mass is 384 g/mol. The van der Waals surface area contributed by atoms with Crippen molar-refractivity contribution in [2.75, 3.05) is 13.7 Å². The number of allylic oxidation sites excluding steroid dienone is 2. The van der Waals surface area contributed by atoms with Gasteiger partial charge >= 0.3 is 5.97 Å². The summed E-state index contributed by atoms with van der Waals surface area (Å²) < 4.78 is 5.42. The van der Waals surface area contributed by atoms with E-state index in [0.717, 1.165) is 32.3 Å². The topological polar surface area (TPSA) is 87.0 Å². The van der Waals surface area contributed by atoms with Gasteiger partial charge in [0.1, 0.15) is 0 Å². The quantitative estimate of drug-likeness (QED) is 0.219. The van der Waals surface area contributed by atoms with Gasteiger partial charge in [0, 0.05) is 20.1 Å². The Morgan fingerprint density at radius 2 is 1.78 bits per heavy atom. The van der Waals surface area contributed by atoms with Crippen LogP contribution in [-0.2, 0) is 9.53 Å². The van der Waals surface area contributed by atoms with Gasteiger partial charge in [-0.1, -0.05) is 51.2 Å². The van der Waals surface area contributed by atoms with Crippen molar-refractivity contribution < 1.29 is 24.9 Å². The Bertz CT molecular complexity index is 432. The highest BCUT2D eigenvalue weighted by atomic mass is 16.5. The summed E-state index contributed by atoms with van der Waals surface area (Å²) in [4.78, 5) is 10.7. The van der Waals surface area contributed by atoms with Crippen LogP contribution in [0, 0.1) is 17.8 Å². The molecule has 1 rings (SSSR count). The van der Waals surface area contributed by atoms with E-state index in [0.29, 0.717) is 24.2 Å². The Kier molecular flexibility index (Phi) is 11.9. The second-order valence-corrected chi connectivity index (χ2v) is 8.13. The Hall–Kier alpha value is -0.910. The molecule has 27 heavy (non-hydrogen) atoms. The maximum atomic E-state index is 10.7. The van der Waals surface area contributed by atoms with Crippen LogP contribution in [0.2, 0.25) is 0 Å². The molecule has 1 aliphatic carbocycles. The van der Waals surface area contributed by atoms with Crippen LogP contribution in [0.15, 0.2) is 12.2 Å². The van der Waals surface area contributed by atoms with Crippen molar-refractivity contribution >= 4 is 5.97 Å². The van der Waals surface area contributed by atoms with Crippen LogP contribution >= 0.6 is 0 Å². The molecule has 1 saturated carbocycles. The van der Waals surface area contributed by atoms with Crippen molar-refractivity contribution in [3.8, 4) is 0 Å². The molecule has 0 heterocycles.